The summed E-state index contributed by atoms with van der Waals surface area (Å²) < 4.78 is 27.5. The van der Waals surface area contributed by atoms with Crippen molar-refractivity contribution in [2.45, 2.75) is 11.4 Å². The number of rotatable bonds is 4. The molecule has 0 fully saturated rings. The second-order valence-electron chi connectivity index (χ2n) is 3.63. The van der Waals surface area contributed by atoms with Crippen LogP contribution in [0.15, 0.2) is 45.1 Å². The fourth-order valence-corrected chi connectivity index (χ4v) is 3.92. The highest BCUT2D eigenvalue weighted by atomic mass is 79.9. The quantitative estimate of drug-likeness (QED) is 0.835. The minimum atomic E-state index is -3.51. The van der Waals surface area contributed by atoms with E-state index in [1.54, 1.807) is 12.1 Å². The Labute approximate surface area is 118 Å². The summed E-state index contributed by atoms with van der Waals surface area (Å²) in [5, 5.41) is 1.91. The van der Waals surface area contributed by atoms with Gasteiger partial charge in [0.2, 0.25) is 10.0 Å². The van der Waals surface area contributed by atoms with Crippen LogP contribution in [-0.4, -0.2) is 8.42 Å². The smallest absolute Gasteiger partial charge is 0.240 e. The lowest BCUT2D eigenvalue weighted by molar-refractivity contribution is 0.582. The normalized spacial score (nSPS) is 11.6. The fourth-order valence-electron chi connectivity index (χ4n) is 1.38. The molecule has 4 nitrogen and oxygen atoms in total. The molecule has 18 heavy (non-hydrogen) atoms. The van der Waals surface area contributed by atoms with Gasteiger partial charge in [-0.05, 0) is 40.2 Å². The first kappa shape index (κ1) is 13.5. The van der Waals surface area contributed by atoms with Gasteiger partial charge in [0.15, 0.2) is 0 Å². The molecule has 0 aliphatic heterocycles. The molecule has 0 spiro atoms. The summed E-state index contributed by atoms with van der Waals surface area (Å²) in [5.74, 6) is 0. The van der Waals surface area contributed by atoms with Gasteiger partial charge in [0.05, 0.1) is 4.90 Å². The lowest BCUT2D eigenvalue weighted by Gasteiger charge is -2.06. The van der Waals surface area contributed by atoms with Crippen molar-refractivity contribution in [2.75, 3.05) is 5.73 Å². The van der Waals surface area contributed by atoms with Gasteiger partial charge in [0.1, 0.15) is 0 Å². The van der Waals surface area contributed by atoms with Gasteiger partial charge in [-0.25, -0.2) is 13.1 Å². The SMILES string of the molecule is Nc1cccc(S(=O)(=O)NCc2cc(Br)cs2)c1. The lowest BCUT2D eigenvalue weighted by Crippen LogP contribution is -2.22. The van der Waals surface area contributed by atoms with E-state index in [1.165, 1.54) is 23.5 Å². The minimum Gasteiger partial charge on any atom is -0.399 e. The number of hydrogen-bond acceptors (Lipinski definition) is 4. The van der Waals surface area contributed by atoms with Crippen LogP contribution >= 0.6 is 27.3 Å². The van der Waals surface area contributed by atoms with E-state index < -0.39 is 10.0 Å². The Hall–Kier alpha value is -0.890. The number of anilines is 1. The van der Waals surface area contributed by atoms with Crippen molar-refractivity contribution in [3.8, 4) is 0 Å². The third kappa shape index (κ3) is 3.32. The average molecular weight is 347 g/mol. The molecular weight excluding hydrogens is 336 g/mol. The third-order valence-corrected chi connectivity index (χ3v) is 5.32. The van der Waals surface area contributed by atoms with Gasteiger partial charge in [-0.1, -0.05) is 6.07 Å². The Morgan fingerprint density at radius 3 is 2.72 bits per heavy atom. The Balaban J connectivity index is 2.13. The van der Waals surface area contributed by atoms with Crippen LogP contribution in [0.25, 0.3) is 0 Å². The maximum absolute atomic E-state index is 12.0. The monoisotopic (exact) mass is 346 g/mol. The summed E-state index contributed by atoms with van der Waals surface area (Å²) in [6.45, 7) is 0.271. The summed E-state index contributed by atoms with van der Waals surface area (Å²) in [4.78, 5) is 1.12. The Morgan fingerprint density at radius 1 is 1.33 bits per heavy atom. The summed E-state index contributed by atoms with van der Waals surface area (Å²) in [6, 6.07) is 8.10. The van der Waals surface area contributed by atoms with Crippen molar-refractivity contribution in [1.82, 2.24) is 4.72 Å². The number of nitrogen functional groups attached to an aromatic ring is 1. The van der Waals surface area contributed by atoms with E-state index >= 15 is 0 Å². The topological polar surface area (TPSA) is 72.2 Å². The first-order valence-corrected chi connectivity index (χ1v) is 8.21. The van der Waals surface area contributed by atoms with E-state index in [0.717, 1.165) is 9.35 Å². The third-order valence-electron chi connectivity index (χ3n) is 2.23. The number of halogens is 1. The van der Waals surface area contributed by atoms with E-state index in [0.29, 0.717) is 5.69 Å². The molecule has 0 saturated heterocycles. The number of benzene rings is 1. The summed E-state index contributed by atoms with van der Waals surface area (Å²) in [7, 11) is -3.51. The van der Waals surface area contributed by atoms with Gasteiger partial charge in [0, 0.05) is 27.0 Å². The standard InChI is InChI=1S/C11H11BrN2O2S2/c12-8-4-10(17-7-8)6-14-18(15,16)11-3-1-2-9(13)5-11/h1-5,7,14H,6,13H2. The molecule has 0 saturated carbocycles. The molecule has 2 rings (SSSR count). The average Bonchev–Trinajstić information content (AvgIpc) is 2.73. The van der Waals surface area contributed by atoms with Crippen molar-refractivity contribution < 1.29 is 8.42 Å². The maximum atomic E-state index is 12.0. The Morgan fingerprint density at radius 2 is 2.11 bits per heavy atom. The highest BCUT2D eigenvalue weighted by Gasteiger charge is 2.14. The van der Waals surface area contributed by atoms with Gasteiger partial charge in [-0.3, -0.25) is 0 Å². The summed E-state index contributed by atoms with van der Waals surface area (Å²) >= 11 is 4.81. The molecule has 2 aromatic rings. The minimum absolute atomic E-state index is 0.179. The zero-order chi connectivity index (χ0) is 13.2. The first-order valence-electron chi connectivity index (χ1n) is 5.05. The van der Waals surface area contributed by atoms with Gasteiger partial charge in [-0.2, -0.15) is 0 Å². The van der Waals surface area contributed by atoms with Gasteiger partial charge >= 0.3 is 0 Å². The number of nitrogens with one attached hydrogen (secondary N) is 1. The molecule has 1 aromatic carbocycles. The van der Waals surface area contributed by atoms with Crippen molar-refractivity contribution in [1.29, 1.82) is 0 Å². The molecule has 96 valence electrons. The number of nitrogens with two attached hydrogens (primary N) is 1. The molecule has 3 N–H and O–H groups in total. The Bertz CT molecular complexity index is 653. The van der Waals surface area contributed by atoms with Gasteiger partial charge in [-0.15, -0.1) is 11.3 Å². The van der Waals surface area contributed by atoms with E-state index in [2.05, 4.69) is 20.7 Å². The predicted molar refractivity (Wildman–Crippen MR) is 76.9 cm³/mol. The maximum Gasteiger partial charge on any atom is 0.240 e. The molecule has 1 heterocycles. The zero-order valence-corrected chi connectivity index (χ0v) is 12.5. The van der Waals surface area contributed by atoms with Crippen LogP contribution < -0.4 is 10.5 Å². The lowest BCUT2D eigenvalue weighted by atomic mass is 10.3. The van der Waals surface area contributed by atoms with Crippen LogP contribution in [0.2, 0.25) is 0 Å². The van der Waals surface area contributed by atoms with Gasteiger partial charge < -0.3 is 5.73 Å². The van der Waals surface area contributed by atoms with E-state index in [4.69, 9.17) is 5.73 Å². The zero-order valence-electron chi connectivity index (χ0n) is 9.26. The molecule has 0 bridgehead atoms. The van der Waals surface area contributed by atoms with Crippen molar-refractivity contribution in [2.24, 2.45) is 0 Å². The van der Waals surface area contributed by atoms with E-state index in [9.17, 15) is 8.42 Å². The molecule has 0 radical (unpaired) electrons. The number of hydrogen-bond donors (Lipinski definition) is 2. The Kier molecular flexibility index (Phi) is 4.06. The van der Waals surface area contributed by atoms with Crippen LogP contribution in [-0.2, 0) is 16.6 Å². The number of sulfonamides is 1. The number of thiophene rings is 1. The van der Waals surface area contributed by atoms with Crippen LogP contribution in [0.5, 0.6) is 0 Å². The van der Waals surface area contributed by atoms with Crippen LogP contribution in [0.3, 0.4) is 0 Å². The van der Waals surface area contributed by atoms with E-state index in [1.807, 2.05) is 11.4 Å². The van der Waals surface area contributed by atoms with Crippen molar-refractivity contribution in [3.05, 3.63) is 45.1 Å². The molecule has 0 unspecified atom stereocenters. The molecule has 0 amide bonds. The molecule has 1 aromatic heterocycles. The van der Waals surface area contributed by atoms with Crippen LogP contribution in [0.4, 0.5) is 5.69 Å². The summed E-state index contributed by atoms with van der Waals surface area (Å²) in [6.07, 6.45) is 0. The molecule has 0 aliphatic carbocycles. The van der Waals surface area contributed by atoms with Crippen LogP contribution in [0.1, 0.15) is 4.88 Å². The molecule has 0 atom stereocenters. The molecule has 0 aliphatic rings. The fraction of sp³-hybridized carbons (Fsp3) is 0.0909. The second kappa shape index (κ2) is 5.40. The molecular formula is C11H11BrN2O2S2. The van der Waals surface area contributed by atoms with Crippen LogP contribution in [0, 0.1) is 0 Å². The largest absolute Gasteiger partial charge is 0.399 e. The highest BCUT2D eigenvalue weighted by Crippen LogP contribution is 2.20. The summed E-state index contributed by atoms with van der Waals surface area (Å²) in [5.41, 5.74) is 6.00. The highest BCUT2D eigenvalue weighted by molar-refractivity contribution is 9.10. The second-order valence-corrected chi connectivity index (χ2v) is 7.31. The van der Waals surface area contributed by atoms with Crippen molar-refractivity contribution >= 4 is 43.0 Å². The first-order chi connectivity index (χ1) is 8.47. The predicted octanol–water partition coefficient (Wildman–Crippen LogP) is 2.57. The van der Waals surface area contributed by atoms with Gasteiger partial charge in [0.25, 0.3) is 0 Å². The van der Waals surface area contributed by atoms with Crippen molar-refractivity contribution in [3.63, 3.8) is 0 Å². The van der Waals surface area contributed by atoms with E-state index in [-0.39, 0.29) is 11.4 Å². The molecule has 7 heteroatoms.